The molecule has 0 spiro atoms. The number of hydrogen-bond acceptors (Lipinski definition) is 3. The Balaban J connectivity index is 2.19. The van der Waals surface area contributed by atoms with Crippen LogP contribution in [-0.2, 0) is 4.79 Å². The maximum Gasteiger partial charge on any atom is 0.341 e. The number of para-hydroxylation sites is 1. The second-order valence-corrected chi connectivity index (χ2v) is 5.19. The van der Waals surface area contributed by atoms with Crippen molar-refractivity contribution in [3.05, 3.63) is 36.4 Å². The number of thioether (sulfide) groups is 1. The second kappa shape index (κ2) is 5.09. The Bertz CT molecular complexity index is 794. The highest BCUT2D eigenvalue weighted by atomic mass is 32.2. The Kier molecular flexibility index (Phi) is 3.28. The summed E-state index contributed by atoms with van der Waals surface area (Å²) in [6.45, 7) is -0.334. The van der Waals surface area contributed by atoms with Crippen LogP contribution in [0.2, 0.25) is 0 Å². The van der Waals surface area contributed by atoms with Crippen molar-refractivity contribution in [2.24, 2.45) is 0 Å². The van der Waals surface area contributed by atoms with Crippen molar-refractivity contribution in [2.45, 2.75) is 4.90 Å². The lowest BCUT2D eigenvalue weighted by molar-refractivity contribution is -0.139. The molecule has 2 aromatic carbocycles. The molecule has 4 nitrogen and oxygen atoms in total. The summed E-state index contributed by atoms with van der Waals surface area (Å²) in [4.78, 5) is 14.9. The summed E-state index contributed by atoms with van der Waals surface area (Å²) in [5.74, 6) is -0.382. The van der Waals surface area contributed by atoms with Crippen LogP contribution in [0, 0.1) is 0 Å². The fourth-order valence-electron chi connectivity index (χ4n) is 2.33. The molecule has 1 heterocycles. The molecule has 20 heavy (non-hydrogen) atoms. The highest BCUT2D eigenvalue weighted by Crippen LogP contribution is 2.38. The van der Waals surface area contributed by atoms with Gasteiger partial charge in [-0.15, -0.1) is 11.8 Å². The molecule has 0 saturated heterocycles. The van der Waals surface area contributed by atoms with Gasteiger partial charge in [0, 0.05) is 16.3 Å². The van der Waals surface area contributed by atoms with Gasteiger partial charge in [0.15, 0.2) is 6.61 Å². The van der Waals surface area contributed by atoms with Crippen LogP contribution in [0.1, 0.15) is 0 Å². The van der Waals surface area contributed by atoms with E-state index in [0.29, 0.717) is 5.75 Å². The van der Waals surface area contributed by atoms with E-state index in [-0.39, 0.29) is 6.61 Å². The number of carboxylic acids is 1. The Morgan fingerprint density at radius 2 is 2.05 bits per heavy atom. The zero-order valence-electron chi connectivity index (χ0n) is 10.8. The average molecular weight is 287 g/mol. The minimum absolute atomic E-state index is 0.334. The molecule has 0 saturated carbocycles. The minimum Gasteiger partial charge on any atom is -0.481 e. The van der Waals surface area contributed by atoms with Crippen molar-refractivity contribution in [3.8, 4) is 5.75 Å². The molecule has 0 bridgehead atoms. The SMILES string of the molecule is CSc1c(OCC(=O)O)ccc2c1[nH]c1ccccc12. The molecule has 0 radical (unpaired) electrons. The fraction of sp³-hybridized carbons (Fsp3) is 0.133. The molecule has 0 aliphatic rings. The smallest absolute Gasteiger partial charge is 0.341 e. The first-order valence-corrected chi connectivity index (χ1v) is 7.35. The molecule has 0 unspecified atom stereocenters. The molecule has 0 atom stereocenters. The van der Waals surface area contributed by atoms with E-state index in [1.54, 1.807) is 11.8 Å². The predicted molar refractivity (Wildman–Crippen MR) is 80.7 cm³/mol. The van der Waals surface area contributed by atoms with Crippen LogP contribution in [0.4, 0.5) is 0 Å². The summed E-state index contributed by atoms with van der Waals surface area (Å²) in [5, 5.41) is 11.0. The summed E-state index contributed by atoms with van der Waals surface area (Å²) in [6.07, 6.45) is 1.95. The van der Waals surface area contributed by atoms with Crippen molar-refractivity contribution in [2.75, 3.05) is 12.9 Å². The van der Waals surface area contributed by atoms with Crippen LogP contribution in [0.15, 0.2) is 41.3 Å². The second-order valence-electron chi connectivity index (χ2n) is 4.37. The standard InChI is InChI=1S/C15H13NO3S/c1-20-15-12(19-8-13(17)18)7-6-10-9-4-2-3-5-11(9)16-14(10)15/h2-7,16H,8H2,1H3,(H,17,18). The fourth-order valence-corrected chi connectivity index (χ4v) is 3.02. The molecule has 0 amide bonds. The molecule has 0 fully saturated rings. The summed E-state index contributed by atoms with van der Waals surface area (Å²) < 4.78 is 5.35. The summed E-state index contributed by atoms with van der Waals surface area (Å²) >= 11 is 1.54. The first-order chi connectivity index (χ1) is 9.70. The minimum atomic E-state index is -0.978. The lowest BCUT2D eigenvalue weighted by Crippen LogP contribution is -2.09. The Morgan fingerprint density at radius 3 is 2.80 bits per heavy atom. The molecule has 3 rings (SSSR count). The van der Waals surface area contributed by atoms with Crippen molar-refractivity contribution >= 4 is 39.5 Å². The Hall–Kier alpha value is -2.14. The molecule has 5 heteroatoms. The van der Waals surface area contributed by atoms with E-state index in [4.69, 9.17) is 9.84 Å². The lowest BCUT2D eigenvalue weighted by Gasteiger charge is -2.09. The van der Waals surface area contributed by atoms with Gasteiger partial charge in [-0.3, -0.25) is 0 Å². The number of rotatable bonds is 4. The average Bonchev–Trinajstić information content (AvgIpc) is 2.82. The van der Waals surface area contributed by atoms with E-state index in [0.717, 1.165) is 26.7 Å². The predicted octanol–water partition coefficient (Wildman–Crippen LogP) is 3.51. The molecule has 102 valence electrons. The molecular weight excluding hydrogens is 274 g/mol. The first kappa shape index (κ1) is 12.9. The first-order valence-electron chi connectivity index (χ1n) is 6.12. The van der Waals surface area contributed by atoms with Gasteiger partial charge in [-0.25, -0.2) is 4.79 Å². The van der Waals surface area contributed by atoms with Crippen LogP contribution in [0.25, 0.3) is 21.8 Å². The van der Waals surface area contributed by atoms with Crippen molar-refractivity contribution in [3.63, 3.8) is 0 Å². The molecular formula is C15H13NO3S. The number of benzene rings is 2. The van der Waals surface area contributed by atoms with Crippen LogP contribution >= 0.6 is 11.8 Å². The monoisotopic (exact) mass is 287 g/mol. The maximum absolute atomic E-state index is 10.6. The third kappa shape index (κ3) is 2.10. The number of aromatic amines is 1. The third-order valence-corrected chi connectivity index (χ3v) is 3.97. The molecule has 3 aromatic rings. The topological polar surface area (TPSA) is 62.3 Å². The zero-order chi connectivity index (χ0) is 14.1. The van der Waals surface area contributed by atoms with Crippen molar-refractivity contribution < 1.29 is 14.6 Å². The van der Waals surface area contributed by atoms with Gasteiger partial charge in [-0.05, 0) is 24.5 Å². The molecule has 1 aromatic heterocycles. The van der Waals surface area contributed by atoms with Gasteiger partial charge in [-0.2, -0.15) is 0 Å². The number of nitrogens with one attached hydrogen (secondary N) is 1. The highest BCUT2D eigenvalue weighted by molar-refractivity contribution is 7.99. The quantitative estimate of drug-likeness (QED) is 0.721. The maximum atomic E-state index is 10.6. The molecule has 0 aliphatic heterocycles. The van der Waals surface area contributed by atoms with Gasteiger partial charge in [0.1, 0.15) is 5.75 Å². The summed E-state index contributed by atoms with van der Waals surface area (Å²) in [5.41, 5.74) is 2.05. The number of carboxylic acid groups (broad SMARTS) is 1. The number of aromatic nitrogens is 1. The highest BCUT2D eigenvalue weighted by Gasteiger charge is 2.13. The number of aliphatic carboxylic acids is 1. The van der Waals surface area contributed by atoms with Crippen LogP contribution in [0.5, 0.6) is 5.75 Å². The van der Waals surface area contributed by atoms with E-state index in [2.05, 4.69) is 11.1 Å². The van der Waals surface area contributed by atoms with E-state index in [1.807, 2.05) is 36.6 Å². The van der Waals surface area contributed by atoms with E-state index in [9.17, 15) is 4.79 Å². The van der Waals surface area contributed by atoms with Crippen molar-refractivity contribution in [1.29, 1.82) is 0 Å². The van der Waals surface area contributed by atoms with Crippen LogP contribution < -0.4 is 4.74 Å². The third-order valence-electron chi connectivity index (χ3n) is 3.15. The molecule has 2 N–H and O–H groups in total. The van der Waals surface area contributed by atoms with Crippen molar-refractivity contribution in [1.82, 2.24) is 4.98 Å². The van der Waals surface area contributed by atoms with Gasteiger partial charge >= 0.3 is 5.97 Å². The van der Waals surface area contributed by atoms with Crippen LogP contribution in [0.3, 0.4) is 0 Å². The number of hydrogen-bond donors (Lipinski definition) is 2. The summed E-state index contributed by atoms with van der Waals surface area (Å²) in [7, 11) is 0. The van der Waals surface area contributed by atoms with Gasteiger partial charge in [0.25, 0.3) is 0 Å². The number of fused-ring (bicyclic) bond motifs is 3. The normalized spacial score (nSPS) is 11.1. The van der Waals surface area contributed by atoms with Gasteiger partial charge < -0.3 is 14.8 Å². The van der Waals surface area contributed by atoms with Gasteiger partial charge in [0.05, 0.1) is 10.4 Å². The number of H-pyrrole nitrogens is 1. The van der Waals surface area contributed by atoms with Gasteiger partial charge in [0.2, 0.25) is 0 Å². The number of carbonyl (C=O) groups is 1. The lowest BCUT2D eigenvalue weighted by atomic mass is 10.1. The molecule has 0 aliphatic carbocycles. The number of ether oxygens (including phenoxy) is 1. The summed E-state index contributed by atoms with van der Waals surface area (Å²) in [6, 6.07) is 11.9. The van der Waals surface area contributed by atoms with Gasteiger partial charge in [-0.1, -0.05) is 18.2 Å². The zero-order valence-corrected chi connectivity index (χ0v) is 11.7. The Labute approximate surface area is 119 Å². The Morgan fingerprint density at radius 1 is 1.25 bits per heavy atom. The van der Waals surface area contributed by atoms with E-state index in [1.165, 1.54) is 0 Å². The van der Waals surface area contributed by atoms with E-state index >= 15 is 0 Å². The van der Waals surface area contributed by atoms with E-state index < -0.39 is 5.97 Å². The van der Waals surface area contributed by atoms with Crippen LogP contribution in [-0.4, -0.2) is 28.9 Å². The largest absolute Gasteiger partial charge is 0.481 e.